The number of anilines is 3. The molecule has 0 fully saturated rings. The van der Waals surface area contributed by atoms with Crippen molar-refractivity contribution in [2.24, 2.45) is 0 Å². The summed E-state index contributed by atoms with van der Waals surface area (Å²) in [5.74, 6) is 0.606. The summed E-state index contributed by atoms with van der Waals surface area (Å²) in [4.78, 5) is 7.12. The number of aromatic nitrogens is 1. The fourth-order valence-electron chi connectivity index (χ4n) is 7.16. The van der Waals surface area contributed by atoms with Crippen LogP contribution < -0.4 is 4.90 Å². The number of fused-ring (bicyclic) bond motifs is 7. The van der Waals surface area contributed by atoms with E-state index < -0.39 is 0 Å². The summed E-state index contributed by atoms with van der Waals surface area (Å²) >= 11 is 0. The van der Waals surface area contributed by atoms with E-state index in [2.05, 4.69) is 138 Å². The Hall–Kier alpha value is -6.65. The predicted molar refractivity (Wildman–Crippen MR) is 202 cm³/mol. The van der Waals surface area contributed by atoms with Crippen molar-refractivity contribution >= 4 is 71.6 Å². The largest absolute Gasteiger partial charge is 0.455 e. The minimum absolute atomic E-state index is 0.606. The first-order valence-electron chi connectivity index (χ1n) is 16.5. The summed E-state index contributed by atoms with van der Waals surface area (Å²) in [6, 6.07) is 59.3. The van der Waals surface area contributed by atoms with Crippen LogP contribution in [0.4, 0.5) is 17.1 Å². The van der Waals surface area contributed by atoms with Gasteiger partial charge in [-0.2, -0.15) is 0 Å². The van der Waals surface area contributed by atoms with Crippen LogP contribution >= 0.6 is 0 Å². The van der Waals surface area contributed by atoms with Gasteiger partial charge in [-0.15, -0.1) is 0 Å². The Morgan fingerprint density at radius 1 is 0.429 bits per heavy atom. The quantitative estimate of drug-likeness (QED) is 0.178. The fraction of sp³-hybridized carbons (Fsp3) is 0. The summed E-state index contributed by atoms with van der Waals surface area (Å²) in [6.45, 7) is 0. The number of furan rings is 1. The summed E-state index contributed by atoms with van der Waals surface area (Å²) in [7, 11) is 0. The van der Waals surface area contributed by atoms with Gasteiger partial charge in [-0.3, -0.25) is 0 Å². The number of rotatable bonds is 5. The van der Waals surface area contributed by atoms with Crippen molar-refractivity contribution in [3.63, 3.8) is 0 Å². The van der Waals surface area contributed by atoms with Gasteiger partial charge in [0.1, 0.15) is 16.7 Å². The number of para-hydroxylation sites is 2. The van der Waals surface area contributed by atoms with Gasteiger partial charge in [-0.05, 0) is 70.3 Å². The van der Waals surface area contributed by atoms with E-state index in [0.717, 1.165) is 66.8 Å². The third-order valence-corrected chi connectivity index (χ3v) is 9.47. The zero-order chi connectivity index (χ0) is 32.3. The molecule has 230 valence electrons. The Kier molecular flexibility index (Phi) is 6.15. The van der Waals surface area contributed by atoms with Crippen molar-refractivity contribution in [2.75, 3.05) is 4.90 Å². The average molecular weight is 629 g/mol. The van der Waals surface area contributed by atoms with Crippen molar-refractivity contribution in [3.05, 3.63) is 170 Å². The van der Waals surface area contributed by atoms with Gasteiger partial charge >= 0.3 is 0 Å². The molecule has 0 amide bonds. The highest BCUT2D eigenvalue weighted by molar-refractivity contribution is 6.15. The SMILES string of the molecule is c1ccc(-c2nc3cc4oc5c(-c6ccc(N(c7ccccc7)c7cc8ccccc8c8ccccc78)cc6)cccc5c4cc3o2)cc1. The van der Waals surface area contributed by atoms with Gasteiger partial charge in [0, 0.05) is 44.7 Å². The van der Waals surface area contributed by atoms with Crippen LogP contribution in [0.1, 0.15) is 0 Å². The van der Waals surface area contributed by atoms with E-state index in [1.807, 2.05) is 36.4 Å². The average Bonchev–Trinajstić information content (AvgIpc) is 3.76. The van der Waals surface area contributed by atoms with Gasteiger partial charge in [0.15, 0.2) is 5.58 Å². The van der Waals surface area contributed by atoms with Crippen LogP contribution in [0.15, 0.2) is 179 Å². The highest BCUT2D eigenvalue weighted by Gasteiger charge is 2.19. The second-order valence-electron chi connectivity index (χ2n) is 12.4. The molecule has 8 aromatic carbocycles. The molecule has 4 nitrogen and oxygen atoms in total. The Morgan fingerprint density at radius 2 is 1.10 bits per heavy atom. The lowest BCUT2D eigenvalue weighted by Crippen LogP contribution is -2.10. The van der Waals surface area contributed by atoms with Crippen molar-refractivity contribution in [1.29, 1.82) is 0 Å². The standard InChI is InChI=1S/C45H28N2O2/c1-3-12-30(13-4-1)45-46-40-28-42-39(27-43(40)49-45)38-21-11-20-35(44(38)48-42)29-22-24-33(25-23-29)47(32-15-5-2-6-16-32)41-26-31-14-7-8-17-34(31)36-18-9-10-19-37(36)41/h1-28H. The van der Waals surface area contributed by atoms with Crippen molar-refractivity contribution in [1.82, 2.24) is 4.98 Å². The van der Waals surface area contributed by atoms with Crippen molar-refractivity contribution in [3.8, 4) is 22.6 Å². The van der Waals surface area contributed by atoms with Crippen LogP contribution in [0.2, 0.25) is 0 Å². The van der Waals surface area contributed by atoms with E-state index >= 15 is 0 Å². The molecule has 0 bridgehead atoms. The molecule has 4 heteroatoms. The van der Waals surface area contributed by atoms with E-state index in [1.54, 1.807) is 0 Å². The van der Waals surface area contributed by atoms with E-state index in [9.17, 15) is 0 Å². The molecule has 0 saturated carbocycles. The van der Waals surface area contributed by atoms with Crippen LogP contribution in [0.3, 0.4) is 0 Å². The lowest BCUT2D eigenvalue weighted by Gasteiger charge is -2.27. The first kappa shape index (κ1) is 27.5. The molecule has 0 aliphatic rings. The number of hydrogen-bond acceptors (Lipinski definition) is 4. The second kappa shape index (κ2) is 11.0. The van der Waals surface area contributed by atoms with Gasteiger partial charge < -0.3 is 13.7 Å². The van der Waals surface area contributed by atoms with E-state index in [1.165, 1.54) is 21.5 Å². The van der Waals surface area contributed by atoms with Crippen LogP contribution in [0.5, 0.6) is 0 Å². The Balaban J connectivity index is 1.09. The number of nitrogens with zero attached hydrogens (tertiary/aromatic N) is 2. The number of benzene rings is 8. The Labute approximate surface area is 282 Å². The molecule has 2 heterocycles. The third-order valence-electron chi connectivity index (χ3n) is 9.47. The molecule has 0 aliphatic heterocycles. The smallest absolute Gasteiger partial charge is 0.227 e. The van der Waals surface area contributed by atoms with E-state index in [-0.39, 0.29) is 0 Å². The van der Waals surface area contributed by atoms with Crippen LogP contribution in [-0.2, 0) is 0 Å². The molecule has 0 N–H and O–H groups in total. The lowest BCUT2D eigenvalue weighted by molar-refractivity contribution is 0.620. The summed E-state index contributed by atoms with van der Waals surface area (Å²) in [6.07, 6.45) is 0. The molecule has 0 atom stereocenters. The summed E-state index contributed by atoms with van der Waals surface area (Å²) < 4.78 is 12.8. The van der Waals surface area contributed by atoms with E-state index in [4.69, 9.17) is 13.8 Å². The molecule has 0 unspecified atom stereocenters. The normalized spacial score (nSPS) is 11.7. The Bertz CT molecular complexity index is 2820. The first-order valence-corrected chi connectivity index (χ1v) is 16.5. The molecule has 49 heavy (non-hydrogen) atoms. The van der Waals surface area contributed by atoms with Crippen molar-refractivity contribution < 1.29 is 8.83 Å². The highest BCUT2D eigenvalue weighted by Crippen LogP contribution is 2.43. The molecule has 0 radical (unpaired) electrons. The maximum absolute atomic E-state index is 6.57. The van der Waals surface area contributed by atoms with Gasteiger partial charge in [0.25, 0.3) is 0 Å². The second-order valence-corrected chi connectivity index (χ2v) is 12.4. The van der Waals surface area contributed by atoms with Gasteiger partial charge in [-0.1, -0.05) is 115 Å². The molecule has 10 rings (SSSR count). The molecule has 0 saturated heterocycles. The monoisotopic (exact) mass is 628 g/mol. The van der Waals surface area contributed by atoms with Gasteiger partial charge in [0.05, 0.1) is 5.69 Å². The predicted octanol–water partition coefficient (Wildman–Crippen LogP) is 12.8. The third kappa shape index (κ3) is 4.49. The van der Waals surface area contributed by atoms with Gasteiger partial charge in [0.2, 0.25) is 5.89 Å². The topological polar surface area (TPSA) is 42.4 Å². The minimum atomic E-state index is 0.606. The summed E-state index contributed by atoms with van der Waals surface area (Å²) in [5, 5.41) is 6.97. The van der Waals surface area contributed by atoms with Gasteiger partial charge in [-0.25, -0.2) is 4.98 Å². The molecule has 2 aromatic heterocycles. The van der Waals surface area contributed by atoms with Crippen molar-refractivity contribution in [2.45, 2.75) is 0 Å². The lowest BCUT2D eigenvalue weighted by atomic mass is 9.98. The zero-order valence-corrected chi connectivity index (χ0v) is 26.4. The maximum Gasteiger partial charge on any atom is 0.227 e. The molecule has 0 spiro atoms. The van der Waals surface area contributed by atoms with Crippen LogP contribution in [0, 0.1) is 0 Å². The number of oxazole rings is 1. The highest BCUT2D eigenvalue weighted by atomic mass is 16.4. The zero-order valence-electron chi connectivity index (χ0n) is 26.4. The number of hydrogen-bond donors (Lipinski definition) is 0. The maximum atomic E-state index is 6.57. The minimum Gasteiger partial charge on any atom is -0.455 e. The van der Waals surface area contributed by atoms with Crippen LogP contribution in [-0.4, -0.2) is 4.98 Å². The van der Waals surface area contributed by atoms with Crippen LogP contribution in [0.25, 0.3) is 77.2 Å². The Morgan fingerprint density at radius 3 is 1.92 bits per heavy atom. The first-order chi connectivity index (χ1) is 24.3. The molecule has 0 aliphatic carbocycles. The summed E-state index contributed by atoms with van der Waals surface area (Å²) in [5.41, 5.74) is 9.54. The van der Waals surface area contributed by atoms with E-state index in [0.29, 0.717) is 5.89 Å². The fourth-order valence-corrected chi connectivity index (χ4v) is 7.16. The molecular formula is C45H28N2O2. The molecular weight excluding hydrogens is 601 g/mol. The molecule has 10 aromatic rings.